The second-order valence-corrected chi connectivity index (χ2v) is 5.02. The number of aliphatic hydroxyl groups excluding tert-OH is 1. The summed E-state index contributed by atoms with van der Waals surface area (Å²) in [6.45, 7) is 2.18. The Balaban J connectivity index is 3.35. The number of aliphatic carboxylic acids is 1. The summed E-state index contributed by atoms with van der Waals surface area (Å²) in [6, 6.07) is 0. The van der Waals surface area contributed by atoms with Crippen LogP contribution in [-0.2, 0) is 4.79 Å². The molecule has 0 radical (unpaired) electrons. The number of carboxylic acid groups (broad SMARTS) is 1. The molecule has 0 fully saturated rings. The van der Waals surface area contributed by atoms with Gasteiger partial charge in [0, 0.05) is 19.3 Å². The van der Waals surface area contributed by atoms with Crippen LogP contribution in [0.1, 0.15) is 77.6 Å². The summed E-state index contributed by atoms with van der Waals surface area (Å²) in [6.07, 6.45) is 9.56. The molecule has 0 aliphatic heterocycles. The maximum atomic E-state index is 10.3. The first-order valence-electron chi connectivity index (χ1n) is 7.52. The van der Waals surface area contributed by atoms with E-state index in [2.05, 4.69) is 18.8 Å². The Morgan fingerprint density at radius 2 is 1.79 bits per heavy atom. The summed E-state index contributed by atoms with van der Waals surface area (Å²) in [7, 11) is 0. The molecule has 2 N–H and O–H groups in total. The molecule has 0 saturated heterocycles. The predicted octanol–water partition coefficient (Wildman–Crippen LogP) is 3.75. The molecule has 0 saturated carbocycles. The summed E-state index contributed by atoms with van der Waals surface area (Å²) in [5.74, 6) is 5.33. The monoisotopic (exact) mass is 268 g/mol. The Morgan fingerprint density at radius 3 is 2.47 bits per heavy atom. The fourth-order valence-electron chi connectivity index (χ4n) is 1.85. The van der Waals surface area contributed by atoms with Gasteiger partial charge in [-0.05, 0) is 19.3 Å². The van der Waals surface area contributed by atoms with Gasteiger partial charge in [-0.2, -0.15) is 0 Å². The molecule has 3 nitrogen and oxygen atoms in total. The molecular formula is C16H28O3. The molecule has 19 heavy (non-hydrogen) atoms. The fraction of sp³-hybridized carbons (Fsp3) is 0.812. The van der Waals surface area contributed by atoms with Gasteiger partial charge in [-0.15, -0.1) is 11.8 Å². The standard InChI is InChI=1S/C16H28O3/c1-2-3-4-9-12-15(17)13-10-7-5-6-8-11-14-16(18)19/h15,17H,2-6,8-9,11-14H2,1H3,(H,18,19). The zero-order valence-electron chi connectivity index (χ0n) is 12.2. The molecule has 0 heterocycles. The van der Waals surface area contributed by atoms with Crippen LogP contribution in [-0.4, -0.2) is 22.3 Å². The van der Waals surface area contributed by atoms with Crippen molar-refractivity contribution in [2.45, 2.75) is 83.7 Å². The summed E-state index contributed by atoms with van der Waals surface area (Å²) >= 11 is 0. The van der Waals surface area contributed by atoms with Crippen LogP contribution >= 0.6 is 0 Å². The maximum absolute atomic E-state index is 10.3. The Bertz CT molecular complexity index is 275. The summed E-state index contributed by atoms with van der Waals surface area (Å²) in [5.41, 5.74) is 0. The zero-order chi connectivity index (χ0) is 14.3. The topological polar surface area (TPSA) is 57.5 Å². The average molecular weight is 268 g/mol. The third-order valence-corrected chi connectivity index (χ3v) is 3.05. The lowest BCUT2D eigenvalue weighted by Gasteiger charge is -2.05. The van der Waals surface area contributed by atoms with Crippen molar-refractivity contribution in [2.24, 2.45) is 0 Å². The van der Waals surface area contributed by atoms with Gasteiger partial charge in [-0.1, -0.05) is 39.0 Å². The van der Waals surface area contributed by atoms with Crippen molar-refractivity contribution in [3.63, 3.8) is 0 Å². The Hall–Kier alpha value is -1.01. The molecule has 0 aromatic carbocycles. The van der Waals surface area contributed by atoms with Crippen molar-refractivity contribution in [3.05, 3.63) is 0 Å². The van der Waals surface area contributed by atoms with Crippen LogP contribution in [0.25, 0.3) is 0 Å². The maximum Gasteiger partial charge on any atom is 0.303 e. The van der Waals surface area contributed by atoms with Crippen molar-refractivity contribution in [3.8, 4) is 11.8 Å². The summed E-state index contributed by atoms with van der Waals surface area (Å²) in [5, 5.41) is 18.1. The summed E-state index contributed by atoms with van der Waals surface area (Å²) in [4.78, 5) is 10.3. The molecule has 0 amide bonds. The third kappa shape index (κ3) is 14.9. The van der Waals surface area contributed by atoms with Crippen LogP contribution in [0.2, 0.25) is 0 Å². The number of aliphatic hydroxyl groups is 1. The van der Waals surface area contributed by atoms with Crippen LogP contribution in [0, 0.1) is 11.8 Å². The molecule has 1 unspecified atom stereocenters. The van der Waals surface area contributed by atoms with E-state index in [1.807, 2.05) is 0 Å². The molecule has 0 bridgehead atoms. The zero-order valence-corrected chi connectivity index (χ0v) is 12.2. The van der Waals surface area contributed by atoms with E-state index in [0.717, 1.165) is 38.5 Å². The van der Waals surface area contributed by atoms with Gasteiger partial charge in [-0.25, -0.2) is 0 Å². The predicted molar refractivity (Wildman–Crippen MR) is 77.9 cm³/mol. The average Bonchev–Trinajstić information content (AvgIpc) is 2.37. The van der Waals surface area contributed by atoms with Crippen molar-refractivity contribution in [1.29, 1.82) is 0 Å². The van der Waals surface area contributed by atoms with Gasteiger partial charge in [-0.3, -0.25) is 4.79 Å². The lowest BCUT2D eigenvalue weighted by molar-refractivity contribution is -0.137. The minimum Gasteiger partial charge on any atom is -0.481 e. The van der Waals surface area contributed by atoms with Crippen molar-refractivity contribution < 1.29 is 15.0 Å². The number of carboxylic acids is 1. The van der Waals surface area contributed by atoms with Crippen molar-refractivity contribution in [2.75, 3.05) is 0 Å². The van der Waals surface area contributed by atoms with Crippen LogP contribution in [0.3, 0.4) is 0 Å². The number of hydrogen-bond acceptors (Lipinski definition) is 2. The van der Waals surface area contributed by atoms with E-state index < -0.39 is 5.97 Å². The van der Waals surface area contributed by atoms with Crippen LogP contribution in [0.4, 0.5) is 0 Å². The molecule has 3 heteroatoms. The molecule has 110 valence electrons. The van der Waals surface area contributed by atoms with Gasteiger partial charge in [0.25, 0.3) is 0 Å². The Labute approximate surface area is 117 Å². The summed E-state index contributed by atoms with van der Waals surface area (Å²) < 4.78 is 0. The first-order chi connectivity index (χ1) is 9.16. The van der Waals surface area contributed by atoms with E-state index in [-0.39, 0.29) is 12.5 Å². The Kier molecular flexibility index (Phi) is 12.7. The number of hydrogen-bond donors (Lipinski definition) is 2. The highest BCUT2D eigenvalue weighted by molar-refractivity contribution is 5.66. The molecule has 0 rings (SSSR count). The SMILES string of the molecule is CCCCCCC(O)CC#CCCCCCC(=O)O. The fourth-order valence-corrected chi connectivity index (χ4v) is 1.85. The highest BCUT2D eigenvalue weighted by Gasteiger charge is 2.00. The largest absolute Gasteiger partial charge is 0.481 e. The second-order valence-electron chi connectivity index (χ2n) is 5.02. The van der Waals surface area contributed by atoms with Crippen LogP contribution in [0.5, 0.6) is 0 Å². The molecule has 0 spiro atoms. The number of rotatable bonds is 11. The van der Waals surface area contributed by atoms with E-state index in [9.17, 15) is 9.90 Å². The quantitative estimate of drug-likeness (QED) is 0.443. The smallest absolute Gasteiger partial charge is 0.303 e. The van der Waals surface area contributed by atoms with Gasteiger partial charge in [0.05, 0.1) is 6.10 Å². The third-order valence-electron chi connectivity index (χ3n) is 3.05. The molecule has 0 aromatic rings. The molecule has 0 aliphatic carbocycles. The van der Waals surface area contributed by atoms with Crippen LogP contribution in [0.15, 0.2) is 0 Å². The molecular weight excluding hydrogens is 240 g/mol. The lowest BCUT2D eigenvalue weighted by Crippen LogP contribution is -2.04. The number of unbranched alkanes of at least 4 members (excludes halogenated alkanes) is 6. The number of carbonyl (C=O) groups is 1. The highest BCUT2D eigenvalue weighted by atomic mass is 16.4. The Morgan fingerprint density at radius 1 is 1.05 bits per heavy atom. The van der Waals surface area contributed by atoms with Gasteiger partial charge in [0.1, 0.15) is 0 Å². The van der Waals surface area contributed by atoms with E-state index >= 15 is 0 Å². The minimum atomic E-state index is -0.725. The van der Waals surface area contributed by atoms with Gasteiger partial charge >= 0.3 is 5.97 Å². The second kappa shape index (κ2) is 13.4. The normalized spacial score (nSPS) is 11.7. The van der Waals surface area contributed by atoms with Crippen molar-refractivity contribution in [1.82, 2.24) is 0 Å². The molecule has 0 aromatic heterocycles. The lowest BCUT2D eigenvalue weighted by atomic mass is 10.1. The van der Waals surface area contributed by atoms with Gasteiger partial charge in [0.2, 0.25) is 0 Å². The molecule has 0 aliphatic rings. The van der Waals surface area contributed by atoms with E-state index in [1.54, 1.807) is 0 Å². The van der Waals surface area contributed by atoms with Crippen molar-refractivity contribution >= 4 is 5.97 Å². The van der Waals surface area contributed by atoms with E-state index in [1.165, 1.54) is 19.3 Å². The molecule has 1 atom stereocenters. The van der Waals surface area contributed by atoms with E-state index in [0.29, 0.717) is 6.42 Å². The van der Waals surface area contributed by atoms with Gasteiger partial charge in [0.15, 0.2) is 0 Å². The van der Waals surface area contributed by atoms with Gasteiger partial charge < -0.3 is 10.2 Å². The first kappa shape index (κ1) is 18.0. The van der Waals surface area contributed by atoms with Crippen LogP contribution < -0.4 is 0 Å². The minimum absolute atomic E-state index is 0.254. The highest BCUT2D eigenvalue weighted by Crippen LogP contribution is 2.07. The van der Waals surface area contributed by atoms with E-state index in [4.69, 9.17) is 5.11 Å². The first-order valence-corrected chi connectivity index (χ1v) is 7.52.